The average Bonchev–Trinajstić information content (AvgIpc) is 2.59. The van der Waals surface area contributed by atoms with Gasteiger partial charge in [-0.3, -0.25) is 4.68 Å². The molecule has 0 radical (unpaired) electrons. The first-order chi connectivity index (χ1) is 8.08. The molecule has 0 aliphatic carbocycles. The van der Waals surface area contributed by atoms with Crippen LogP contribution in [0.5, 0.6) is 0 Å². The monoisotopic (exact) mass is 233 g/mol. The smallest absolute Gasteiger partial charge is 0.129 e. The highest BCUT2D eigenvalue weighted by molar-refractivity contribution is 5.73. The highest BCUT2D eigenvalue weighted by atomic mass is 19.1. The molecule has 0 bridgehead atoms. The molecule has 0 saturated carbocycles. The zero-order chi connectivity index (χ0) is 12.4. The molecule has 1 heterocycles. The van der Waals surface area contributed by atoms with Gasteiger partial charge in [0, 0.05) is 19.0 Å². The van der Waals surface area contributed by atoms with Gasteiger partial charge < -0.3 is 5.73 Å². The second-order valence-electron chi connectivity index (χ2n) is 4.25. The molecule has 90 valence electrons. The van der Waals surface area contributed by atoms with Gasteiger partial charge in [-0.1, -0.05) is 24.3 Å². The molecule has 0 aliphatic heterocycles. The normalized spacial score (nSPS) is 12.6. The van der Waals surface area contributed by atoms with Gasteiger partial charge in [0.1, 0.15) is 12.0 Å². The first kappa shape index (κ1) is 11.6. The van der Waals surface area contributed by atoms with Crippen LogP contribution >= 0.6 is 0 Å². The predicted octanol–water partition coefficient (Wildman–Crippen LogP) is 2.57. The molecule has 2 aromatic rings. The number of anilines is 1. The molecule has 0 aliphatic rings. The number of alkyl halides is 1. The third-order valence-corrected chi connectivity index (χ3v) is 2.74. The van der Waals surface area contributed by atoms with E-state index < -0.39 is 6.17 Å². The molecule has 0 fully saturated rings. The zero-order valence-electron chi connectivity index (χ0n) is 10.0. The van der Waals surface area contributed by atoms with Crippen molar-refractivity contribution >= 4 is 5.82 Å². The van der Waals surface area contributed by atoms with E-state index >= 15 is 0 Å². The average molecular weight is 233 g/mol. The third kappa shape index (κ3) is 2.46. The lowest BCUT2D eigenvalue weighted by Crippen LogP contribution is -1.99. The van der Waals surface area contributed by atoms with E-state index in [0.29, 0.717) is 12.2 Å². The first-order valence-corrected chi connectivity index (χ1v) is 5.59. The van der Waals surface area contributed by atoms with Crippen molar-refractivity contribution in [2.45, 2.75) is 19.5 Å². The molecular weight excluding hydrogens is 217 g/mol. The van der Waals surface area contributed by atoms with Gasteiger partial charge in [-0.25, -0.2) is 4.39 Å². The SMILES string of the molecule is CC(F)Cc1cccc(-c2cnn(C)c2N)c1. The molecule has 0 saturated heterocycles. The summed E-state index contributed by atoms with van der Waals surface area (Å²) in [6.07, 6.45) is 1.32. The standard InChI is InChI=1S/C13H16FN3/c1-9(14)6-10-4-3-5-11(7-10)12-8-16-17(2)13(12)15/h3-5,7-9H,6,15H2,1-2H3. The van der Waals surface area contributed by atoms with E-state index in [9.17, 15) is 4.39 Å². The summed E-state index contributed by atoms with van der Waals surface area (Å²) in [7, 11) is 1.80. The Morgan fingerprint density at radius 3 is 2.82 bits per heavy atom. The largest absolute Gasteiger partial charge is 0.383 e. The number of halogens is 1. The molecule has 1 aromatic heterocycles. The molecule has 17 heavy (non-hydrogen) atoms. The number of nitrogens with two attached hydrogens (primary N) is 1. The Hall–Kier alpha value is -1.84. The second-order valence-corrected chi connectivity index (χ2v) is 4.25. The van der Waals surface area contributed by atoms with Gasteiger partial charge in [0.2, 0.25) is 0 Å². The maximum absolute atomic E-state index is 13.0. The molecule has 3 nitrogen and oxygen atoms in total. The minimum atomic E-state index is -0.837. The molecule has 1 aromatic carbocycles. The van der Waals surface area contributed by atoms with E-state index in [-0.39, 0.29) is 0 Å². The molecule has 2 N–H and O–H groups in total. The molecule has 1 unspecified atom stereocenters. The molecule has 1 atom stereocenters. The van der Waals surface area contributed by atoms with Crippen molar-refractivity contribution in [3.05, 3.63) is 36.0 Å². The number of aryl methyl sites for hydroxylation is 1. The van der Waals surface area contributed by atoms with Crippen molar-refractivity contribution in [2.24, 2.45) is 7.05 Å². The summed E-state index contributed by atoms with van der Waals surface area (Å²) < 4.78 is 14.6. The quantitative estimate of drug-likeness (QED) is 0.885. The number of hydrogen-bond donors (Lipinski definition) is 1. The van der Waals surface area contributed by atoms with Crippen molar-refractivity contribution in [3.63, 3.8) is 0 Å². The van der Waals surface area contributed by atoms with Crippen LogP contribution in [0, 0.1) is 0 Å². The van der Waals surface area contributed by atoms with Crippen LogP contribution in [0.4, 0.5) is 10.2 Å². The Balaban J connectivity index is 2.36. The Labute approximate surface area is 100 Å². The minimum absolute atomic E-state index is 0.425. The molecule has 0 spiro atoms. The Bertz CT molecular complexity index is 517. The first-order valence-electron chi connectivity index (χ1n) is 5.59. The van der Waals surface area contributed by atoms with E-state index in [1.54, 1.807) is 24.9 Å². The molecule has 0 amide bonds. The van der Waals surface area contributed by atoms with Crippen LogP contribution in [0.25, 0.3) is 11.1 Å². The summed E-state index contributed by atoms with van der Waals surface area (Å²) in [5, 5.41) is 4.10. The van der Waals surface area contributed by atoms with Crippen LogP contribution in [-0.2, 0) is 13.5 Å². The summed E-state index contributed by atoms with van der Waals surface area (Å²) >= 11 is 0. The summed E-state index contributed by atoms with van der Waals surface area (Å²) in [6, 6.07) is 7.76. The van der Waals surface area contributed by atoms with Crippen molar-refractivity contribution in [3.8, 4) is 11.1 Å². The van der Waals surface area contributed by atoms with E-state index in [1.807, 2.05) is 24.3 Å². The van der Waals surface area contributed by atoms with Crippen LogP contribution in [0.2, 0.25) is 0 Å². The van der Waals surface area contributed by atoms with Crippen LogP contribution in [-0.4, -0.2) is 16.0 Å². The zero-order valence-corrected chi connectivity index (χ0v) is 10.0. The highest BCUT2D eigenvalue weighted by Crippen LogP contribution is 2.26. The van der Waals surface area contributed by atoms with Gasteiger partial charge in [-0.15, -0.1) is 0 Å². The van der Waals surface area contributed by atoms with Gasteiger partial charge in [0.25, 0.3) is 0 Å². The summed E-state index contributed by atoms with van der Waals surface area (Å²) in [4.78, 5) is 0. The molecule has 4 heteroatoms. The molecule has 2 rings (SSSR count). The van der Waals surface area contributed by atoms with Crippen molar-refractivity contribution in [2.75, 3.05) is 5.73 Å². The fourth-order valence-electron chi connectivity index (χ4n) is 1.86. The second kappa shape index (κ2) is 4.57. The predicted molar refractivity (Wildman–Crippen MR) is 67.3 cm³/mol. The third-order valence-electron chi connectivity index (χ3n) is 2.74. The lowest BCUT2D eigenvalue weighted by Gasteiger charge is -2.05. The fraction of sp³-hybridized carbons (Fsp3) is 0.308. The van der Waals surface area contributed by atoms with Crippen LogP contribution in [0.1, 0.15) is 12.5 Å². The van der Waals surface area contributed by atoms with E-state index in [4.69, 9.17) is 5.73 Å². The number of nitrogen functional groups attached to an aromatic ring is 1. The Kier molecular flexibility index (Phi) is 3.13. The summed E-state index contributed by atoms with van der Waals surface area (Å²) in [6.45, 7) is 1.56. The Morgan fingerprint density at radius 2 is 2.24 bits per heavy atom. The van der Waals surface area contributed by atoms with E-state index in [1.165, 1.54) is 0 Å². The minimum Gasteiger partial charge on any atom is -0.383 e. The van der Waals surface area contributed by atoms with Crippen LogP contribution in [0.3, 0.4) is 0 Å². The van der Waals surface area contributed by atoms with Gasteiger partial charge in [-0.05, 0) is 18.1 Å². The maximum atomic E-state index is 13.0. The number of aromatic nitrogens is 2. The van der Waals surface area contributed by atoms with Gasteiger partial charge >= 0.3 is 0 Å². The molecular formula is C13H16FN3. The topological polar surface area (TPSA) is 43.8 Å². The van der Waals surface area contributed by atoms with E-state index in [0.717, 1.165) is 16.7 Å². The fourth-order valence-corrected chi connectivity index (χ4v) is 1.86. The van der Waals surface area contributed by atoms with Crippen LogP contribution < -0.4 is 5.73 Å². The van der Waals surface area contributed by atoms with Crippen molar-refractivity contribution < 1.29 is 4.39 Å². The lowest BCUT2D eigenvalue weighted by molar-refractivity contribution is 0.360. The van der Waals surface area contributed by atoms with Crippen molar-refractivity contribution in [1.82, 2.24) is 9.78 Å². The number of hydrogen-bond acceptors (Lipinski definition) is 2. The van der Waals surface area contributed by atoms with E-state index in [2.05, 4.69) is 5.10 Å². The van der Waals surface area contributed by atoms with Crippen LogP contribution in [0.15, 0.2) is 30.5 Å². The number of benzene rings is 1. The van der Waals surface area contributed by atoms with Crippen molar-refractivity contribution in [1.29, 1.82) is 0 Å². The maximum Gasteiger partial charge on any atom is 0.129 e. The summed E-state index contributed by atoms with van der Waals surface area (Å²) in [5.41, 5.74) is 8.76. The summed E-state index contributed by atoms with van der Waals surface area (Å²) in [5.74, 6) is 0.621. The number of rotatable bonds is 3. The highest BCUT2D eigenvalue weighted by Gasteiger charge is 2.08. The lowest BCUT2D eigenvalue weighted by atomic mass is 10.0. The van der Waals surface area contributed by atoms with Gasteiger partial charge in [0.15, 0.2) is 0 Å². The Morgan fingerprint density at radius 1 is 1.47 bits per heavy atom. The van der Waals surface area contributed by atoms with Gasteiger partial charge in [0.05, 0.1) is 6.20 Å². The van der Waals surface area contributed by atoms with Gasteiger partial charge in [-0.2, -0.15) is 5.10 Å². The number of nitrogens with zero attached hydrogens (tertiary/aromatic N) is 2.